The highest BCUT2D eigenvalue weighted by molar-refractivity contribution is 4.81. The summed E-state index contributed by atoms with van der Waals surface area (Å²) in [5.74, 6) is 0. The van der Waals surface area contributed by atoms with Gasteiger partial charge in [-0.15, -0.1) is 0 Å². The molecule has 2 heteroatoms. The molecule has 0 aliphatic carbocycles. The minimum absolute atomic E-state index is 0.759. The molecule has 2 nitrogen and oxygen atoms in total. The molecular formula is C24H50N2. The third kappa shape index (κ3) is 23.7. The Balaban J connectivity index is 3.03. The van der Waals surface area contributed by atoms with Crippen LogP contribution in [0.1, 0.15) is 122 Å². The molecule has 0 saturated heterocycles. The van der Waals surface area contributed by atoms with E-state index in [1.54, 1.807) is 0 Å². The topological polar surface area (TPSA) is 38.0 Å². The summed E-state index contributed by atoms with van der Waals surface area (Å²) in [7, 11) is 0. The fourth-order valence-electron chi connectivity index (χ4n) is 3.43. The lowest BCUT2D eigenvalue weighted by Crippen LogP contribution is -2.23. The third-order valence-corrected chi connectivity index (χ3v) is 5.19. The van der Waals surface area contributed by atoms with Gasteiger partial charge in [-0.1, -0.05) is 103 Å². The van der Waals surface area contributed by atoms with Crippen LogP contribution >= 0.6 is 0 Å². The first-order chi connectivity index (χ1) is 12.9. The molecule has 0 aliphatic heterocycles. The normalized spacial score (nSPS) is 11.6. The molecule has 0 fully saturated rings. The Bertz CT molecular complexity index is 263. The highest BCUT2D eigenvalue weighted by Gasteiger charge is 1.93. The van der Waals surface area contributed by atoms with Gasteiger partial charge < -0.3 is 11.1 Å². The van der Waals surface area contributed by atoms with E-state index in [0.717, 1.165) is 19.6 Å². The minimum atomic E-state index is 0.759. The number of allylic oxidation sites excluding steroid dienone is 2. The van der Waals surface area contributed by atoms with Crippen molar-refractivity contribution in [3.8, 4) is 0 Å². The zero-order valence-corrected chi connectivity index (χ0v) is 18.1. The van der Waals surface area contributed by atoms with Crippen LogP contribution in [0.4, 0.5) is 0 Å². The number of rotatable bonds is 22. The molecule has 0 unspecified atom stereocenters. The SMILES string of the molecule is CCCCCCCC/C=C\CCCCCCCCCCCCNCCN. The maximum Gasteiger partial charge on any atom is 0.00745 e. The lowest BCUT2D eigenvalue weighted by atomic mass is 10.1. The minimum Gasteiger partial charge on any atom is -0.329 e. The Morgan fingerprint density at radius 2 is 0.962 bits per heavy atom. The second-order valence-electron chi connectivity index (χ2n) is 7.89. The van der Waals surface area contributed by atoms with Gasteiger partial charge in [0, 0.05) is 13.1 Å². The predicted octanol–water partition coefficient (Wildman–Crippen LogP) is 7.13. The zero-order chi connectivity index (χ0) is 19.0. The summed E-state index contributed by atoms with van der Waals surface area (Å²) in [5.41, 5.74) is 5.45. The molecule has 0 aromatic heterocycles. The molecule has 0 rings (SSSR count). The molecule has 0 aliphatic rings. The molecule has 0 spiro atoms. The summed E-state index contributed by atoms with van der Waals surface area (Å²) in [6, 6.07) is 0. The van der Waals surface area contributed by atoms with E-state index in [-0.39, 0.29) is 0 Å². The standard InChI is InChI=1S/C24H50N2/c1-2-3-4-5-6-7-8-9-10-11-12-13-14-15-16-17-18-19-20-21-23-26-24-22-25/h9-10,26H,2-8,11-25H2,1H3/b10-9-. The van der Waals surface area contributed by atoms with Gasteiger partial charge in [-0.3, -0.25) is 0 Å². The Labute approximate surface area is 165 Å². The molecule has 0 atom stereocenters. The van der Waals surface area contributed by atoms with E-state index in [1.165, 1.54) is 116 Å². The van der Waals surface area contributed by atoms with Gasteiger partial charge in [0.1, 0.15) is 0 Å². The van der Waals surface area contributed by atoms with E-state index >= 15 is 0 Å². The number of hydrogen-bond donors (Lipinski definition) is 2. The van der Waals surface area contributed by atoms with Gasteiger partial charge >= 0.3 is 0 Å². The van der Waals surface area contributed by atoms with E-state index in [9.17, 15) is 0 Å². The van der Waals surface area contributed by atoms with Crippen LogP contribution in [0.2, 0.25) is 0 Å². The van der Waals surface area contributed by atoms with Crippen LogP contribution in [-0.4, -0.2) is 19.6 Å². The lowest BCUT2D eigenvalue weighted by Gasteiger charge is -2.03. The summed E-state index contributed by atoms with van der Waals surface area (Å²) in [6.45, 7) is 5.16. The largest absolute Gasteiger partial charge is 0.329 e. The van der Waals surface area contributed by atoms with Gasteiger partial charge in [-0.05, 0) is 38.6 Å². The van der Waals surface area contributed by atoms with Gasteiger partial charge in [-0.25, -0.2) is 0 Å². The summed E-state index contributed by atoms with van der Waals surface area (Å²) in [6.07, 6.45) is 30.0. The maximum atomic E-state index is 5.45. The molecular weight excluding hydrogens is 316 g/mol. The average molecular weight is 367 g/mol. The van der Waals surface area contributed by atoms with E-state index in [2.05, 4.69) is 24.4 Å². The highest BCUT2D eigenvalue weighted by Crippen LogP contribution is 2.12. The second kappa shape index (κ2) is 24.7. The summed E-state index contributed by atoms with van der Waals surface area (Å²) >= 11 is 0. The van der Waals surface area contributed by atoms with Crippen molar-refractivity contribution in [3.63, 3.8) is 0 Å². The predicted molar refractivity (Wildman–Crippen MR) is 120 cm³/mol. The van der Waals surface area contributed by atoms with Crippen LogP contribution in [0.5, 0.6) is 0 Å². The van der Waals surface area contributed by atoms with Crippen molar-refractivity contribution in [2.75, 3.05) is 19.6 Å². The summed E-state index contributed by atoms with van der Waals surface area (Å²) < 4.78 is 0. The molecule has 26 heavy (non-hydrogen) atoms. The van der Waals surface area contributed by atoms with Crippen LogP contribution in [0, 0.1) is 0 Å². The van der Waals surface area contributed by atoms with E-state index in [0.29, 0.717) is 0 Å². The molecule has 0 aromatic rings. The van der Waals surface area contributed by atoms with Crippen LogP contribution in [0.3, 0.4) is 0 Å². The summed E-state index contributed by atoms with van der Waals surface area (Å²) in [5, 5.41) is 3.36. The molecule has 0 aromatic carbocycles. The maximum absolute atomic E-state index is 5.45. The molecule has 3 N–H and O–H groups in total. The first kappa shape index (κ1) is 25.7. The fourth-order valence-corrected chi connectivity index (χ4v) is 3.43. The lowest BCUT2D eigenvalue weighted by molar-refractivity contribution is 0.542. The first-order valence-electron chi connectivity index (χ1n) is 12.0. The Morgan fingerprint density at radius 3 is 1.42 bits per heavy atom. The van der Waals surface area contributed by atoms with Gasteiger partial charge in [0.05, 0.1) is 0 Å². The second-order valence-corrected chi connectivity index (χ2v) is 7.89. The number of nitrogens with one attached hydrogen (secondary N) is 1. The number of unbranched alkanes of at least 4 members (excludes halogenated alkanes) is 16. The van der Waals surface area contributed by atoms with Crippen molar-refractivity contribution in [1.82, 2.24) is 5.32 Å². The van der Waals surface area contributed by atoms with Gasteiger partial charge in [0.2, 0.25) is 0 Å². The first-order valence-corrected chi connectivity index (χ1v) is 12.0. The van der Waals surface area contributed by atoms with Crippen LogP contribution in [-0.2, 0) is 0 Å². The highest BCUT2D eigenvalue weighted by atomic mass is 14.9. The smallest absolute Gasteiger partial charge is 0.00745 e. The van der Waals surface area contributed by atoms with Crippen molar-refractivity contribution in [1.29, 1.82) is 0 Å². The van der Waals surface area contributed by atoms with E-state index in [1.807, 2.05) is 0 Å². The van der Waals surface area contributed by atoms with E-state index in [4.69, 9.17) is 5.73 Å². The van der Waals surface area contributed by atoms with Crippen molar-refractivity contribution in [3.05, 3.63) is 12.2 Å². The van der Waals surface area contributed by atoms with Crippen LogP contribution in [0.15, 0.2) is 12.2 Å². The molecule has 0 heterocycles. The zero-order valence-electron chi connectivity index (χ0n) is 18.1. The fraction of sp³-hybridized carbons (Fsp3) is 0.917. The van der Waals surface area contributed by atoms with Gasteiger partial charge in [0.15, 0.2) is 0 Å². The van der Waals surface area contributed by atoms with Crippen molar-refractivity contribution >= 4 is 0 Å². The number of hydrogen-bond acceptors (Lipinski definition) is 2. The van der Waals surface area contributed by atoms with E-state index < -0.39 is 0 Å². The monoisotopic (exact) mass is 366 g/mol. The average Bonchev–Trinajstić information content (AvgIpc) is 2.66. The Hall–Kier alpha value is -0.340. The van der Waals surface area contributed by atoms with Crippen LogP contribution < -0.4 is 11.1 Å². The van der Waals surface area contributed by atoms with Crippen molar-refractivity contribution < 1.29 is 0 Å². The Kier molecular flexibility index (Phi) is 24.3. The molecule has 0 bridgehead atoms. The molecule has 0 radical (unpaired) electrons. The van der Waals surface area contributed by atoms with Gasteiger partial charge in [0.25, 0.3) is 0 Å². The number of nitrogens with two attached hydrogens (primary N) is 1. The van der Waals surface area contributed by atoms with Crippen molar-refractivity contribution in [2.24, 2.45) is 5.73 Å². The molecule has 0 saturated carbocycles. The Morgan fingerprint density at radius 1 is 0.538 bits per heavy atom. The van der Waals surface area contributed by atoms with Gasteiger partial charge in [-0.2, -0.15) is 0 Å². The quantitative estimate of drug-likeness (QED) is 0.158. The molecule has 0 amide bonds. The van der Waals surface area contributed by atoms with Crippen LogP contribution in [0.25, 0.3) is 0 Å². The summed E-state index contributed by atoms with van der Waals surface area (Å²) in [4.78, 5) is 0. The molecule has 156 valence electrons. The van der Waals surface area contributed by atoms with Crippen molar-refractivity contribution in [2.45, 2.75) is 122 Å². The third-order valence-electron chi connectivity index (χ3n) is 5.19.